The Morgan fingerprint density at radius 2 is 1.83 bits per heavy atom. The molecule has 0 spiro atoms. The monoisotopic (exact) mass is 325 g/mol. The van der Waals surface area contributed by atoms with Gasteiger partial charge in [-0.1, -0.05) is 42.2 Å². The van der Waals surface area contributed by atoms with E-state index >= 15 is 0 Å². The van der Waals surface area contributed by atoms with Gasteiger partial charge in [-0.3, -0.25) is 0 Å². The molecule has 0 aliphatic heterocycles. The summed E-state index contributed by atoms with van der Waals surface area (Å²) < 4.78 is 0. The first-order valence-corrected chi connectivity index (χ1v) is 8.74. The highest BCUT2D eigenvalue weighted by molar-refractivity contribution is 7.99. The number of benzene rings is 2. The van der Waals surface area contributed by atoms with Crippen molar-refractivity contribution in [3.8, 4) is 11.8 Å². The number of hydrogen-bond acceptors (Lipinski definition) is 3. The fourth-order valence-corrected chi connectivity index (χ4v) is 3.31. The van der Waals surface area contributed by atoms with Crippen LogP contribution in [0.25, 0.3) is 0 Å². The molecule has 0 aliphatic carbocycles. The quantitative estimate of drug-likeness (QED) is 0.649. The highest BCUT2D eigenvalue weighted by Crippen LogP contribution is 2.25. The molecule has 2 aromatic carbocycles. The molecule has 120 valence electrons. The summed E-state index contributed by atoms with van der Waals surface area (Å²) in [6.45, 7) is 4.37. The summed E-state index contributed by atoms with van der Waals surface area (Å²) in [5.74, 6) is 7.19. The maximum Gasteiger partial charge on any atom is 0.0598 e. The summed E-state index contributed by atoms with van der Waals surface area (Å²) >= 11 is 1.78. The Morgan fingerprint density at radius 3 is 2.52 bits per heavy atom. The smallest absolute Gasteiger partial charge is 0.0598 e. The number of hydrogen-bond donors (Lipinski definition) is 2. The number of aryl methyl sites for hydroxylation is 2. The molecular weight excluding hydrogens is 302 g/mol. The van der Waals surface area contributed by atoms with Crippen LogP contribution >= 0.6 is 11.8 Å². The van der Waals surface area contributed by atoms with Crippen LogP contribution in [0.15, 0.2) is 47.4 Å². The van der Waals surface area contributed by atoms with Crippen LogP contribution < -0.4 is 5.73 Å². The van der Waals surface area contributed by atoms with Gasteiger partial charge in [0.15, 0.2) is 0 Å². The molecule has 0 heterocycles. The third-order valence-corrected chi connectivity index (χ3v) is 4.91. The van der Waals surface area contributed by atoms with Gasteiger partial charge in [0.1, 0.15) is 0 Å². The first-order valence-electron chi connectivity index (χ1n) is 7.76. The van der Waals surface area contributed by atoms with Gasteiger partial charge < -0.3 is 10.8 Å². The third kappa shape index (κ3) is 5.14. The lowest BCUT2D eigenvalue weighted by molar-refractivity contribution is 0.276. The van der Waals surface area contributed by atoms with Gasteiger partial charge in [-0.2, -0.15) is 0 Å². The van der Waals surface area contributed by atoms with Crippen molar-refractivity contribution in [1.29, 1.82) is 0 Å². The summed E-state index contributed by atoms with van der Waals surface area (Å²) in [5, 5.41) is 8.98. The van der Waals surface area contributed by atoms with Gasteiger partial charge in [-0.05, 0) is 49.1 Å². The lowest BCUT2D eigenvalue weighted by Gasteiger charge is -2.10. The molecular formula is C20H23NOS. The van der Waals surface area contributed by atoms with E-state index in [1.807, 2.05) is 24.3 Å². The topological polar surface area (TPSA) is 46.2 Å². The van der Waals surface area contributed by atoms with Crippen molar-refractivity contribution in [3.63, 3.8) is 0 Å². The molecule has 3 N–H and O–H groups in total. The molecule has 2 aromatic rings. The molecule has 2 rings (SSSR count). The van der Waals surface area contributed by atoms with Crippen LogP contribution in [-0.4, -0.2) is 17.5 Å². The number of aliphatic hydroxyl groups excluding tert-OH is 1. The molecule has 0 aliphatic rings. The summed E-state index contributed by atoms with van der Waals surface area (Å²) in [6.07, 6.45) is 0.569. The Hall–Kier alpha value is -1.73. The summed E-state index contributed by atoms with van der Waals surface area (Å²) in [6, 6.07) is 14.2. The van der Waals surface area contributed by atoms with Crippen LogP contribution in [0.2, 0.25) is 0 Å². The van der Waals surface area contributed by atoms with Crippen LogP contribution in [0.1, 0.15) is 34.7 Å². The molecule has 2 nitrogen and oxygen atoms in total. The Labute approximate surface area is 143 Å². The van der Waals surface area contributed by atoms with E-state index in [0.717, 1.165) is 16.9 Å². The molecule has 1 atom stereocenters. The predicted octanol–water partition coefficient (Wildman–Crippen LogP) is 3.83. The van der Waals surface area contributed by atoms with Gasteiger partial charge in [0.05, 0.1) is 5.75 Å². The molecule has 23 heavy (non-hydrogen) atoms. The minimum Gasteiger partial charge on any atom is -0.396 e. The van der Waals surface area contributed by atoms with E-state index in [-0.39, 0.29) is 12.6 Å². The van der Waals surface area contributed by atoms with Gasteiger partial charge in [0.2, 0.25) is 0 Å². The molecule has 0 saturated carbocycles. The van der Waals surface area contributed by atoms with Crippen molar-refractivity contribution >= 4 is 11.8 Å². The molecule has 0 fully saturated rings. The Balaban J connectivity index is 2.01. The molecule has 0 unspecified atom stereocenters. The molecule has 0 amide bonds. The van der Waals surface area contributed by atoms with Crippen molar-refractivity contribution in [2.45, 2.75) is 31.2 Å². The Morgan fingerprint density at radius 1 is 1.13 bits per heavy atom. The number of aliphatic hydroxyl groups is 1. The van der Waals surface area contributed by atoms with Gasteiger partial charge in [-0.25, -0.2) is 0 Å². The minimum absolute atomic E-state index is 0.101. The lowest BCUT2D eigenvalue weighted by Crippen LogP contribution is -2.11. The first-order chi connectivity index (χ1) is 11.1. The maximum atomic E-state index is 8.98. The fourth-order valence-electron chi connectivity index (χ4n) is 2.43. The zero-order chi connectivity index (χ0) is 16.7. The average Bonchev–Trinajstić information content (AvgIpc) is 2.54. The van der Waals surface area contributed by atoms with Crippen LogP contribution in [0, 0.1) is 25.7 Å². The third-order valence-electron chi connectivity index (χ3n) is 3.69. The molecule has 3 heteroatoms. The van der Waals surface area contributed by atoms with Crippen LogP contribution in [0.4, 0.5) is 0 Å². The second kappa shape index (κ2) is 8.79. The maximum absolute atomic E-state index is 8.98. The number of thioether (sulfide) groups is 1. The number of nitrogens with two attached hydrogens (primary N) is 1. The summed E-state index contributed by atoms with van der Waals surface area (Å²) in [5.41, 5.74) is 10.6. The Kier molecular flexibility index (Phi) is 6.73. The van der Waals surface area contributed by atoms with Gasteiger partial charge >= 0.3 is 0 Å². The first kappa shape index (κ1) is 17.6. The van der Waals surface area contributed by atoms with Crippen LogP contribution in [0.3, 0.4) is 0 Å². The second-order valence-electron chi connectivity index (χ2n) is 5.56. The fraction of sp³-hybridized carbons (Fsp3) is 0.300. The molecule has 0 saturated heterocycles. The van der Waals surface area contributed by atoms with Gasteiger partial charge in [0.25, 0.3) is 0 Å². The van der Waals surface area contributed by atoms with E-state index in [1.54, 1.807) is 11.8 Å². The van der Waals surface area contributed by atoms with E-state index in [0.29, 0.717) is 6.42 Å². The largest absolute Gasteiger partial charge is 0.396 e. The van der Waals surface area contributed by atoms with E-state index < -0.39 is 0 Å². The van der Waals surface area contributed by atoms with E-state index in [2.05, 4.69) is 43.9 Å². The van der Waals surface area contributed by atoms with Crippen LogP contribution in [0.5, 0.6) is 0 Å². The number of rotatable bonds is 5. The standard InChI is InChI=1S/C20H23NOS/c1-15-6-3-7-16(2)20(15)23-13-5-9-17-8-4-10-18(14-17)19(21)11-12-22/h3-4,6-8,10,14,19,22H,11-13,21H2,1-2H3/t19-/m1/s1. The minimum atomic E-state index is -0.134. The zero-order valence-corrected chi connectivity index (χ0v) is 14.5. The molecule has 0 aromatic heterocycles. The van der Waals surface area contributed by atoms with Crippen molar-refractivity contribution in [3.05, 3.63) is 64.7 Å². The van der Waals surface area contributed by atoms with Crippen molar-refractivity contribution in [1.82, 2.24) is 0 Å². The van der Waals surface area contributed by atoms with E-state index in [1.165, 1.54) is 16.0 Å². The van der Waals surface area contributed by atoms with E-state index in [4.69, 9.17) is 10.8 Å². The predicted molar refractivity (Wildman–Crippen MR) is 98.6 cm³/mol. The summed E-state index contributed by atoms with van der Waals surface area (Å²) in [4.78, 5) is 1.32. The van der Waals surface area contributed by atoms with E-state index in [9.17, 15) is 0 Å². The van der Waals surface area contributed by atoms with Gasteiger partial charge in [-0.15, -0.1) is 11.8 Å². The Bertz CT molecular complexity index is 695. The summed E-state index contributed by atoms with van der Waals surface area (Å²) in [7, 11) is 0. The normalized spacial score (nSPS) is 11.7. The highest BCUT2D eigenvalue weighted by Gasteiger charge is 2.05. The zero-order valence-electron chi connectivity index (χ0n) is 13.7. The molecule has 0 radical (unpaired) electrons. The van der Waals surface area contributed by atoms with Gasteiger partial charge in [0, 0.05) is 23.1 Å². The van der Waals surface area contributed by atoms with Crippen molar-refractivity contribution in [2.24, 2.45) is 5.73 Å². The lowest BCUT2D eigenvalue weighted by atomic mass is 10.0. The SMILES string of the molecule is Cc1cccc(C)c1SCC#Cc1cccc([C@H](N)CCO)c1. The highest BCUT2D eigenvalue weighted by atomic mass is 32.2. The molecule has 0 bridgehead atoms. The van der Waals surface area contributed by atoms with Crippen molar-refractivity contribution < 1.29 is 5.11 Å². The van der Waals surface area contributed by atoms with Crippen LogP contribution in [-0.2, 0) is 0 Å². The van der Waals surface area contributed by atoms with Crippen molar-refractivity contribution in [2.75, 3.05) is 12.4 Å². The second-order valence-corrected chi connectivity index (χ2v) is 6.54. The average molecular weight is 325 g/mol.